The van der Waals surface area contributed by atoms with Crippen molar-refractivity contribution in [2.45, 2.75) is 25.8 Å². The van der Waals surface area contributed by atoms with Gasteiger partial charge in [-0.1, -0.05) is 13.3 Å². The maximum atomic E-state index is 10.4. The minimum atomic E-state index is -1.15. The molecule has 0 rings (SSSR count). The Bertz CT molecular complexity index is 180. The molecule has 0 amide bonds. The molecule has 4 N–H and O–H groups in total. The van der Waals surface area contributed by atoms with Crippen molar-refractivity contribution >= 4 is 11.9 Å². The maximum absolute atomic E-state index is 10.4. The Morgan fingerprint density at radius 3 is 2.17 bits per heavy atom. The summed E-state index contributed by atoms with van der Waals surface area (Å²) in [6.45, 7) is 1.72. The molecule has 1 unspecified atom stereocenters. The molecular formula is C7H13NO4. The summed E-state index contributed by atoms with van der Waals surface area (Å²) in [5.74, 6) is -2.65. The molecule has 0 saturated carbocycles. The fraction of sp³-hybridized carbons (Fsp3) is 0.714. The summed E-state index contributed by atoms with van der Waals surface area (Å²) in [5, 5.41) is 16.9. The molecule has 5 heteroatoms. The molecule has 0 fully saturated rings. The van der Waals surface area contributed by atoms with Gasteiger partial charge in [-0.25, -0.2) is 0 Å². The molecule has 0 aromatic carbocycles. The van der Waals surface area contributed by atoms with Crippen molar-refractivity contribution in [2.75, 3.05) is 0 Å². The Balaban J connectivity index is 4.14. The first kappa shape index (κ1) is 10.9. The highest BCUT2D eigenvalue weighted by molar-refractivity contribution is 5.75. The summed E-state index contributed by atoms with van der Waals surface area (Å²) in [6.07, 6.45) is 0.268. The van der Waals surface area contributed by atoms with Crippen LogP contribution in [0.4, 0.5) is 0 Å². The van der Waals surface area contributed by atoms with Gasteiger partial charge in [-0.3, -0.25) is 9.59 Å². The van der Waals surface area contributed by atoms with Gasteiger partial charge < -0.3 is 15.9 Å². The maximum Gasteiger partial charge on any atom is 0.320 e. The fourth-order valence-electron chi connectivity index (χ4n) is 0.951. The van der Waals surface area contributed by atoms with Gasteiger partial charge in [-0.2, -0.15) is 0 Å². The minimum Gasteiger partial charge on any atom is -0.481 e. The van der Waals surface area contributed by atoms with E-state index in [1.807, 2.05) is 0 Å². The van der Waals surface area contributed by atoms with Crippen LogP contribution in [0.25, 0.3) is 0 Å². The highest BCUT2D eigenvalue weighted by Gasteiger charge is 2.24. The molecule has 0 aliphatic heterocycles. The van der Waals surface area contributed by atoms with Crippen molar-refractivity contribution in [3.05, 3.63) is 0 Å². The molecule has 0 aromatic heterocycles. The van der Waals surface area contributed by atoms with Crippen LogP contribution in [0.3, 0.4) is 0 Å². The van der Waals surface area contributed by atoms with E-state index in [9.17, 15) is 9.59 Å². The van der Waals surface area contributed by atoms with E-state index in [0.29, 0.717) is 6.42 Å². The van der Waals surface area contributed by atoms with Crippen LogP contribution in [0.2, 0.25) is 0 Å². The monoisotopic (exact) mass is 175 g/mol. The van der Waals surface area contributed by atoms with E-state index in [1.54, 1.807) is 6.92 Å². The Hall–Kier alpha value is -1.10. The molecule has 0 spiro atoms. The molecule has 12 heavy (non-hydrogen) atoms. The molecule has 0 bridgehead atoms. The Labute approximate surface area is 70.2 Å². The summed E-state index contributed by atoms with van der Waals surface area (Å²) in [7, 11) is 0. The van der Waals surface area contributed by atoms with Gasteiger partial charge in [0, 0.05) is 0 Å². The standard InChI is InChI=1S/C7H13NO4/c1-2-4(3-5(9)10)6(8)7(11)12/h4,6H,2-3,8H2,1H3,(H,9,10)(H,11,12)/t4?,6-/m0/s1. The molecular weight excluding hydrogens is 162 g/mol. The number of hydrogen-bond acceptors (Lipinski definition) is 3. The first-order valence-electron chi connectivity index (χ1n) is 3.69. The van der Waals surface area contributed by atoms with Crippen LogP contribution in [-0.4, -0.2) is 28.2 Å². The van der Waals surface area contributed by atoms with E-state index in [2.05, 4.69) is 0 Å². The highest BCUT2D eigenvalue weighted by Crippen LogP contribution is 2.11. The van der Waals surface area contributed by atoms with E-state index in [1.165, 1.54) is 0 Å². The van der Waals surface area contributed by atoms with E-state index < -0.39 is 23.9 Å². The van der Waals surface area contributed by atoms with Crippen molar-refractivity contribution < 1.29 is 19.8 Å². The van der Waals surface area contributed by atoms with Crippen LogP contribution in [0.1, 0.15) is 19.8 Å². The second kappa shape index (κ2) is 4.71. The van der Waals surface area contributed by atoms with E-state index in [-0.39, 0.29) is 6.42 Å². The van der Waals surface area contributed by atoms with Gasteiger partial charge in [0.05, 0.1) is 6.42 Å². The van der Waals surface area contributed by atoms with E-state index >= 15 is 0 Å². The molecule has 2 atom stereocenters. The van der Waals surface area contributed by atoms with Crippen molar-refractivity contribution in [2.24, 2.45) is 11.7 Å². The van der Waals surface area contributed by atoms with Gasteiger partial charge in [-0.15, -0.1) is 0 Å². The van der Waals surface area contributed by atoms with Gasteiger partial charge in [0.2, 0.25) is 0 Å². The number of carboxylic acid groups (broad SMARTS) is 2. The summed E-state index contributed by atoms with van der Waals surface area (Å²) >= 11 is 0. The van der Waals surface area contributed by atoms with Crippen LogP contribution < -0.4 is 5.73 Å². The molecule has 0 aromatic rings. The molecule has 0 radical (unpaired) electrons. The Morgan fingerprint density at radius 2 is 1.92 bits per heavy atom. The number of hydrogen-bond donors (Lipinski definition) is 3. The zero-order valence-electron chi connectivity index (χ0n) is 6.86. The molecule has 70 valence electrons. The van der Waals surface area contributed by atoms with Crippen molar-refractivity contribution in [3.63, 3.8) is 0 Å². The lowest BCUT2D eigenvalue weighted by Gasteiger charge is -2.16. The number of nitrogens with two attached hydrogens (primary N) is 1. The summed E-state index contributed by atoms with van der Waals surface area (Å²) in [4.78, 5) is 20.6. The molecule has 0 heterocycles. The predicted octanol–water partition coefficient (Wildman–Crippen LogP) is -0.101. The molecule has 0 aliphatic carbocycles. The van der Waals surface area contributed by atoms with E-state index in [0.717, 1.165) is 0 Å². The summed E-state index contributed by atoms with van der Waals surface area (Å²) < 4.78 is 0. The topological polar surface area (TPSA) is 101 Å². The van der Waals surface area contributed by atoms with Crippen LogP contribution in [0.15, 0.2) is 0 Å². The predicted molar refractivity (Wildman–Crippen MR) is 41.6 cm³/mol. The van der Waals surface area contributed by atoms with Crippen molar-refractivity contribution in [1.29, 1.82) is 0 Å². The lowest BCUT2D eigenvalue weighted by molar-refractivity contribution is -0.142. The Morgan fingerprint density at radius 1 is 1.42 bits per heavy atom. The lowest BCUT2D eigenvalue weighted by Crippen LogP contribution is -2.38. The first-order chi connectivity index (χ1) is 5.49. The highest BCUT2D eigenvalue weighted by atomic mass is 16.4. The summed E-state index contributed by atoms with van der Waals surface area (Å²) in [5.41, 5.74) is 5.26. The van der Waals surface area contributed by atoms with Crippen molar-refractivity contribution in [1.82, 2.24) is 0 Å². The minimum absolute atomic E-state index is 0.191. The second-order valence-corrected chi connectivity index (χ2v) is 2.63. The number of aliphatic carboxylic acids is 2. The second-order valence-electron chi connectivity index (χ2n) is 2.63. The largest absolute Gasteiger partial charge is 0.481 e. The fourth-order valence-corrected chi connectivity index (χ4v) is 0.951. The lowest BCUT2D eigenvalue weighted by atomic mass is 9.94. The van der Waals surface area contributed by atoms with Gasteiger partial charge in [0.25, 0.3) is 0 Å². The smallest absolute Gasteiger partial charge is 0.320 e. The zero-order chi connectivity index (χ0) is 9.72. The van der Waals surface area contributed by atoms with Crippen LogP contribution in [-0.2, 0) is 9.59 Å². The first-order valence-corrected chi connectivity index (χ1v) is 3.69. The number of carboxylic acids is 2. The molecule has 5 nitrogen and oxygen atoms in total. The quantitative estimate of drug-likeness (QED) is 0.541. The van der Waals surface area contributed by atoms with Gasteiger partial charge in [-0.05, 0) is 5.92 Å². The third-order valence-electron chi connectivity index (χ3n) is 1.75. The van der Waals surface area contributed by atoms with E-state index in [4.69, 9.17) is 15.9 Å². The average molecular weight is 175 g/mol. The van der Waals surface area contributed by atoms with Crippen LogP contribution in [0.5, 0.6) is 0 Å². The SMILES string of the molecule is CCC(CC(=O)O)[C@H](N)C(=O)O. The van der Waals surface area contributed by atoms with Gasteiger partial charge in [0.15, 0.2) is 0 Å². The summed E-state index contributed by atoms with van der Waals surface area (Å²) in [6, 6.07) is -1.08. The van der Waals surface area contributed by atoms with Gasteiger partial charge >= 0.3 is 11.9 Å². The molecule has 0 saturated heterocycles. The number of rotatable bonds is 5. The Kier molecular flexibility index (Phi) is 4.28. The average Bonchev–Trinajstić information content (AvgIpc) is 1.98. The van der Waals surface area contributed by atoms with Crippen LogP contribution >= 0.6 is 0 Å². The van der Waals surface area contributed by atoms with Crippen molar-refractivity contribution in [3.8, 4) is 0 Å². The third kappa shape index (κ3) is 3.34. The van der Waals surface area contributed by atoms with Gasteiger partial charge in [0.1, 0.15) is 6.04 Å². The zero-order valence-corrected chi connectivity index (χ0v) is 6.86. The van der Waals surface area contributed by atoms with Crippen LogP contribution in [0, 0.1) is 5.92 Å². The molecule has 0 aliphatic rings. The number of carbonyl (C=O) groups is 2. The third-order valence-corrected chi connectivity index (χ3v) is 1.75. The normalized spacial score (nSPS) is 15.2.